The van der Waals surface area contributed by atoms with Crippen molar-refractivity contribution in [1.29, 1.82) is 0 Å². The summed E-state index contributed by atoms with van der Waals surface area (Å²) >= 11 is 0. The predicted molar refractivity (Wildman–Crippen MR) is 67.8 cm³/mol. The molecule has 0 aromatic heterocycles. The molecule has 17 heavy (non-hydrogen) atoms. The van der Waals surface area contributed by atoms with Crippen LogP contribution >= 0.6 is 0 Å². The van der Waals surface area contributed by atoms with Gasteiger partial charge in [0, 0.05) is 12.6 Å². The molecule has 4 aliphatic carbocycles. The molecule has 0 aromatic carbocycles. The Morgan fingerprint density at radius 2 is 1.59 bits per heavy atom. The van der Waals surface area contributed by atoms with E-state index in [2.05, 4.69) is 5.32 Å². The summed E-state index contributed by atoms with van der Waals surface area (Å²) in [6.07, 6.45) is 10.3. The van der Waals surface area contributed by atoms with Gasteiger partial charge < -0.3 is 10.1 Å². The van der Waals surface area contributed by atoms with Crippen molar-refractivity contribution in [2.24, 2.45) is 23.2 Å². The molecule has 2 heteroatoms. The molecule has 1 unspecified atom stereocenters. The van der Waals surface area contributed by atoms with Crippen molar-refractivity contribution in [3.63, 3.8) is 0 Å². The van der Waals surface area contributed by atoms with Crippen LogP contribution in [0.1, 0.15) is 44.9 Å². The molecule has 5 fully saturated rings. The van der Waals surface area contributed by atoms with E-state index in [0.717, 1.165) is 31.0 Å². The molecule has 96 valence electrons. The van der Waals surface area contributed by atoms with Crippen LogP contribution in [0.2, 0.25) is 0 Å². The van der Waals surface area contributed by atoms with Crippen molar-refractivity contribution in [3.05, 3.63) is 0 Å². The molecule has 5 aliphatic rings. The lowest BCUT2D eigenvalue weighted by Crippen LogP contribution is -2.57. The summed E-state index contributed by atoms with van der Waals surface area (Å²) in [5, 5.41) is 3.81. The number of ether oxygens (including phenoxy) is 1. The highest BCUT2D eigenvalue weighted by molar-refractivity contribution is 5.06. The van der Waals surface area contributed by atoms with Crippen LogP contribution in [-0.2, 0) is 4.74 Å². The van der Waals surface area contributed by atoms with Crippen LogP contribution in [0.3, 0.4) is 0 Å². The van der Waals surface area contributed by atoms with Gasteiger partial charge in [0.05, 0.1) is 6.61 Å². The van der Waals surface area contributed by atoms with Gasteiger partial charge in [0.15, 0.2) is 0 Å². The van der Waals surface area contributed by atoms with Crippen LogP contribution in [0.25, 0.3) is 0 Å². The largest absolute Gasteiger partial charge is 0.380 e. The minimum Gasteiger partial charge on any atom is -0.380 e. The topological polar surface area (TPSA) is 21.3 Å². The Kier molecular flexibility index (Phi) is 2.52. The summed E-state index contributed by atoms with van der Waals surface area (Å²) in [5.41, 5.74) is 0.624. The van der Waals surface area contributed by atoms with Gasteiger partial charge in [-0.3, -0.25) is 0 Å². The summed E-state index contributed by atoms with van der Waals surface area (Å²) in [4.78, 5) is 0. The lowest BCUT2D eigenvalue weighted by molar-refractivity contribution is -0.0844. The summed E-state index contributed by atoms with van der Waals surface area (Å²) in [6, 6.07) is 0.665. The molecule has 0 spiro atoms. The minimum absolute atomic E-state index is 0.624. The molecule has 1 N–H and O–H groups in total. The van der Waals surface area contributed by atoms with E-state index >= 15 is 0 Å². The number of hydrogen-bond donors (Lipinski definition) is 1. The van der Waals surface area contributed by atoms with Crippen LogP contribution < -0.4 is 5.32 Å². The van der Waals surface area contributed by atoms with Gasteiger partial charge >= 0.3 is 0 Å². The number of rotatable bonds is 1. The molecule has 5 rings (SSSR count). The van der Waals surface area contributed by atoms with E-state index in [1.54, 1.807) is 19.3 Å². The fraction of sp³-hybridized carbons (Fsp3) is 1.00. The van der Waals surface area contributed by atoms with Gasteiger partial charge in [0.25, 0.3) is 0 Å². The van der Waals surface area contributed by atoms with Crippen molar-refractivity contribution >= 4 is 0 Å². The Hall–Kier alpha value is -0.0800. The van der Waals surface area contributed by atoms with Gasteiger partial charge in [-0.25, -0.2) is 0 Å². The second-order valence-electron chi connectivity index (χ2n) is 7.22. The van der Waals surface area contributed by atoms with Gasteiger partial charge in [-0.2, -0.15) is 0 Å². The Morgan fingerprint density at radius 3 is 2.24 bits per heavy atom. The molecule has 1 saturated heterocycles. The highest BCUT2D eigenvalue weighted by Gasteiger charge is 2.54. The standard InChI is InChI=1S/C15H25NO/c1-2-16-14(10-17-3-1)15-7-11-4-12(8-15)6-13(5-11)9-15/h11-14,16H,1-10H2. The molecule has 0 aromatic rings. The Morgan fingerprint density at radius 1 is 0.941 bits per heavy atom. The molecule has 0 amide bonds. The van der Waals surface area contributed by atoms with Gasteiger partial charge in [-0.05, 0) is 74.7 Å². The highest BCUT2D eigenvalue weighted by atomic mass is 16.5. The van der Waals surface area contributed by atoms with E-state index < -0.39 is 0 Å². The Labute approximate surface area is 104 Å². The zero-order valence-electron chi connectivity index (χ0n) is 10.8. The van der Waals surface area contributed by atoms with E-state index in [-0.39, 0.29) is 0 Å². The van der Waals surface area contributed by atoms with Crippen molar-refractivity contribution in [1.82, 2.24) is 5.32 Å². The maximum absolute atomic E-state index is 5.83. The Balaban J connectivity index is 1.58. The van der Waals surface area contributed by atoms with Crippen LogP contribution in [0.5, 0.6) is 0 Å². The molecule has 1 atom stereocenters. The average Bonchev–Trinajstić information content (AvgIpc) is 2.55. The fourth-order valence-electron chi connectivity index (χ4n) is 5.71. The minimum atomic E-state index is 0.624. The molecule has 2 nitrogen and oxygen atoms in total. The molecule has 4 saturated carbocycles. The summed E-state index contributed by atoms with van der Waals surface area (Å²) in [6.45, 7) is 3.12. The fourth-order valence-corrected chi connectivity index (χ4v) is 5.71. The Bertz CT molecular complexity index is 258. The van der Waals surface area contributed by atoms with Gasteiger partial charge in [0.1, 0.15) is 0 Å². The molecule has 0 radical (unpaired) electrons. The quantitative estimate of drug-likeness (QED) is 0.754. The zero-order chi connectivity index (χ0) is 11.3. The van der Waals surface area contributed by atoms with E-state index in [0.29, 0.717) is 11.5 Å². The van der Waals surface area contributed by atoms with E-state index in [4.69, 9.17) is 4.74 Å². The van der Waals surface area contributed by atoms with Crippen molar-refractivity contribution in [2.45, 2.75) is 51.0 Å². The first kappa shape index (κ1) is 10.8. The van der Waals surface area contributed by atoms with Crippen molar-refractivity contribution in [3.8, 4) is 0 Å². The maximum atomic E-state index is 5.83. The molecule has 4 bridgehead atoms. The monoisotopic (exact) mass is 235 g/mol. The van der Waals surface area contributed by atoms with Crippen LogP contribution in [0.4, 0.5) is 0 Å². The first-order chi connectivity index (χ1) is 8.34. The third-order valence-electron chi connectivity index (χ3n) is 5.97. The van der Waals surface area contributed by atoms with Crippen LogP contribution in [0.15, 0.2) is 0 Å². The molecular weight excluding hydrogens is 210 g/mol. The smallest absolute Gasteiger partial charge is 0.0625 e. The molecular formula is C15H25NO. The second-order valence-corrected chi connectivity index (χ2v) is 7.22. The third kappa shape index (κ3) is 1.76. The zero-order valence-corrected chi connectivity index (χ0v) is 10.8. The number of nitrogens with one attached hydrogen (secondary N) is 1. The van der Waals surface area contributed by atoms with Crippen LogP contribution in [0, 0.1) is 23.2 Å². The summed E-state index contributed by atoms with van der Waals surface area (Å²) in [5.74, 6) is 3.18. The van der Waals surface area contributed by atoms with Gasteiger partial charge in [0.2, 0.25) is 0 Å². The molecule has 1 aliphatic heterocycles. The summed E-state index contributed by atoms with van der Waals surface area (Å²) in [7, 11) is 0. The van der Waals surface area contributed by atoms with E-state index in [1.807, 2.05) is 0 Å². The average molecular weight is 235 g/mol. The SMILES string of the molecule is C1CNC(C23CC4CC(CC(C4)C2)C3)COC1. The van der Waals surface area contributed by atoms with Gasteiger partial charge in [-0.1, -0.05) is 0 Å². The van der Waals surface area contributed by atoms with E-state index in [9.17, 15) is 0 Å². The lowest BCUT2D eigenvalue weighted by atomic mass is 9.48. The summed E-state index contributed by atoms with van der Waals surface area (Å²) < 4.78 is 5.83. The predicted octanol–water partition coefficient (Wildman–Crippen LogP) is 2.58. The first-order valence-electron chi connectivity index (χ1n) is 7.65. The van der Waals surface area contributed by atoms with Crippen LogP contribution in [-0.4, -0.2) is 25.8 Å². The third-order valence-corrected chi connectivity index (χ3v) is 5.97. The number of hydrogen-bond acceptors (Lipinski definition) is 2. The van der Waals surface area contributed by atoms with Gasteiger partial charge in [-0.15, -0.1) is 0 Å². The highest BCUT2D eigenvalue weighted by Crippen LogP contribution is 2.61. The van der Waals surface area contributed by atoms with Crippen molar-refractivity contribution < 1.29 is 4.74 Å². The maximum Gasteiger partial charge on any atom is 0.0625 e. The molecule has 1 heterocycles. The lowest BCUT2D eigenvalue weighted by Gasteiger charge is -2.59. The first-order valence-corrected chi connectivity index (χ1v) is 7.65. The van der Waals surface area contributed by atoms with E-state index in [1.165, 1.54) is 32.2 Å². The van der Waals surface area contributed by atoms with Crippen molar-refractivity contribution in [2.75, 3.05) is 19.8 Å². The normalized spacial score (nSPS) is 53.6. The second kappa shape index (κ2) is 3.96.